The molecule has 1 aliphatic heterocycles. The molecule has 2 aromatic carbocycles. The van der Waals surface area contributed by atoms with Gasteiger partial charge in [0.1, 0.15) is 17.6 Å². The van der Waals surface area contributed by atoms with E-state index in [4.69, 9.17) is 17.2 Å². The number of nitrogens with zero attached hydrogens (tertiary/aromatic N) is 5. The number of hydrogen-bond donors (Lipinski definition) is 1. The van der Waals surface area contributed by atoms with Gasteiger partial charge in [-0.05, 0) is 61.1 Å². The smallest absolute Gasteiger partial charge is 0.252 e. The summed E-state index contributed by atoms with van der Waals surface area (Å²) < 4.78 is 7.08. The van der Waals surface area contributed by atoms with Gasteiger partial charge in [0, 0.05) is 18.3 Å². The molecule has 0 bridgehead atoms. The van der Waals surface area contributed by atoms with E-state index in [-0.39, 0.29) is 35.6 Å². The molecular formula is C24H22N6O4S2. The second-order valence-corrected chi connectivity index (χ2v) is 9.97. The minimum atomic E-state index is -0.845. The van der Waals surface area contributed by atoms with Crippen molar-refractivity contribution in [3.63, 3.8) is 0 Å². The van der Waals surface area contributed by atoms with Crippen LogP contribution in [0.3, 0.4) is 0 Å². The van der Waals surface area contributed by atoms with E-state index in [9.17, 15) is 14.7 Å². The highest BCUT2D eigenvalue weighted by molar-refractivity contribution is 7.80. The van der Waals surface area contributed by atoms with Crippen LogP contribution in [0.1, 0.15) is 17.7 Å². The largest absolute Gasteiger partial charge is 0.539 e. The van der Waals surface area contributed by atoms with Crippen molar-refractivity contribution in [3.8, 4) is 16.5 Å². The van der Waals surface area contributed by atoms with Gasteiger partial charge in [-0.15, -0.1) is 11.3 Å². The standard InChI is InChI=1S/C24H22N6O4S2/c1-13-4-9-16-19(10-13)36-21(26-16)14-5-7-15(8-6-14)25-20(31)11-17-22(32)28(2)24(35)30(17)12-18-23(33)34-27-29(18)3/h4-10,17H,11-12H2,1-3H3,(H-,25,26,27,31,33). The molecule has 184 valence electrons. The van der Waals surface area contributed by atoms with E-state index in [2.05, 4.69) is 28.1 Å². The van der Waals surface area contributed by atoms with Gasteiger partial charge in [-0.2, -0.15) is 0 Å². The number of likely N-dealkylation sites (N-methyl/N-ethyl adjacent to an activating group) is 1. The first-order valence-electron chi connectivity index (χ1n) is 11.1. The lowest BCUT2D eigenvalue weighted by Crippen LogP contribution is -2.42. The number of thiocarbonyl (C=S) groups is 1. The SMILES string of the molecule is Cc1ccc2nc(-c3ccc(NC(=O)CC4C(=O)N(C)C(=S)N4Cc4c([O-])on[n+]4C)cc3)sc2c1. The number of carbonyl (C=O) groups is 2. The van der Waals surface area contributed by atoms with E-state index in [0.29, 0.717) is 5.69 Å². The number of carbonyl (C=O) groups excluding carboxylic acids is 2. The third-order valence-corrected chi connectivity index (χ3v) is 7.63. The van der Waals surface area contributed by atoms with Crippen LogP contribution in [-0.4, -0.2) is 50.1 Å². The summed E-state index contributed by atoms with van der Waals surface area (Å²) in [4.78, 5) is 33.2. The van der Waals surface area contributed by atoms with Crippen molar-refractivity contribution in [2.24, 2.45) is 7.05 Å². The normalized spacial score (nSPS) is 15.8. The number of aromatic nitrogens is 3. The molecule has 36 heavy (non-hydrogen) atoms. The molecule has 1 N–H and O–H groups in total. The molecule has 0 spiro atoms. The first-order valence-corrected chi connectivity index (χ1v) is 12.3. The van der Waals surface area contributed by atoms with Crippen LogP contribution in [0.4, 0.5) is 5.69 Å². The third kappa shape index (κ3) is 4.40. The van der Waals surface area contributed by atoms with E-state index in [1.54, 1.807) is 42.5 Å². The molecular weight excluding hydrogens is 500 g/mol. The Labute approximate surface area is 215 Å². The second kappa shape index (κ2) is 9.28. The van der Waals surface area contributed by atoms with Crippen LogP contribution in [-0.2, 0) is 23.2 Å². The molecule has 2 aromatic heterocycles. The van der Waals surface area contributed by atoms with Crippen molar-refractivity contribution in [2.75, 3.05) is 12.4 Å². The monoisotopic (exact) mass is 522 g/mol. The highest BCUT2D eigenvalue weighted by Crippen LogP contribution is 2.31. The lowest BCUT2D eigenvalue weighted by Gasteiger charge is -2.21. The Morgan fingerprint density at radius 2 is 2.03 bits per heavy atom. The Balaban J connectivity index is 1.28. The number of hydrogen-bond acceptors (Lipinski definition) is 8. The molecule has 0 radical (unpaired) electrons. The summed E-state index contributed by atoms with van der Waals surface area (Å²) in [5.74, 6) is -1.28. The molecule has 12 heteroatoms. The van der Waals surface area contributed by atoms with Gasteiger partial charge in [-0.1, -0.05) is 10.7 Å². The van der Waals surface area contributed by atoms with Gasteiger partial charge in [-0.3, -0.25) is 14.5 Å². The van der Waals surface area contributed by atoms with Gasteiger partial charge < -0.3 is 19.8 Å². The Hall–Kier alpha value is -3.90. The van der Waals surface area contributed by atoms with Gasteiger partial charge in [-0.25, -0.2) is 4.98 Å². The van der Waals surface area contributed by atoms with Crippen molar-refractivity contribution in [3.05, 3.63) is 53.7 Å². The molecule has 1 saturated heterocycles. The minimum absolute atomic E-state index is 0.00207. The lowest BCUT2D eigenvalue weighted by molar-refractivity contribution is -0.746. The number of anilines is 1. The summed E-state index contributed by atoms with van der Waals surface area (Å²) in [6, 6.07) is 12.7. The Kier molecular flexibility index (Phi) is 6.14. The average molecular weight is 523 g/mol. The highest BCUT2D eigenvalue weighted by atomic mass is 32.1. The summed E-state index contributed by atoms with van der Waals surface area (Å²) >= 11 is 7.00. The molecule has 2 amide bonds. The number of benzene rings is 2. The molecule has 10 nitrogen and oxygen atoms in total. The fourth-order valence-corrected chi connectivity index (χ4v) is 5.40. The molecule has 0 saturated carbocycles. The maximum absolute atomic E-state index is 12.9. The van der Waals surface area contributed by atoms with Crippen LogP contribution in [0.2, 0.25) is 0 Å². The molecule has 1 atom stereocenters. The van der Waals surface area contributed by atoms with Crippen LogP contribution in [0, 0.1) is 6.92 Å². The van der Waals surface area contributed by atoms with E-state index in [1.165, 1.54) is 15.1 Å². The molecule has 1 unspecified atom stereocenters. The maximum atomic E-state index is 12.9. The molecule has 1 aliphatic rings. The first-order chi connectivity index (χ1) is 17.2. The van der Waals surface area contributed by atoms with Crippen molar-refractivity contribution in [1.82, 2.24) is 20.1 Å². The van der Waals surface area contributed by atoms with E-state index >= 15 is 0 Å². The van der Waals surface area contributed by atoms with Crippen molar-refractivity contribution in [2.45, 2.75) is 25.9 Å². The van der Waals surface area contributed by atoms with Gasteiger partial charge in [0.15, 0.2) is 18.1 Å². The summed E-state index contributed by atoms with van der Waals surface area (Å²) in [5.41, 5.74) is 3.92. The van der Waals surface area contributed by atoms with Gasteiger partial charge in [0.2, 0.25) is 5.91 Å². The first kappa shape index (κ1) is 23.8. The van der Waals surface area contributed by atoms with Gasteiger partial charge in [0.25, 0.3) is 11.6 Å². The third-order valence-electron chi connectivity index (χ3n) is 6.06. The number of thiazole rings is 1. The van der Waals surface area contributed by atoms with Crippen LogP contribution in [0.25, 0.3) is 20.8 Å². The average Bonchev–Trinajstić information content (AvgIpc) is 3.47. The minimum Gasteiger partial charge on any atom is -0.539 e. The number of nitrogens with one attached hydrogen (secondary N) is 1. The van der Waals surface area contributed by atoms with Crippen LogP contribution < -0.4 is 15.1 Å². The zero-order chi connectivity index (χ0) is 25.6. The highest BCUT2D eigenvalue weighted by Gasteiger charge is 2.43. The molecule has 0 aliphatic carbocycles. The quantitative estimate of drug-likeness (QED) is 0.302. The van der Waals surface area contributed by atoms with Crippen molar-refractivity contribution in [1.29, 1.82) is 0 Å². The Bertz CT molecular complexity index is 1480. The topological polar surface area (TPSA) is 119 Å². The van der Waals surface area contributed by atoms with Crippen LogP contribution >= 0.6 is 23.6 Å². The number of rotatable bonds is 6. The molecule has 3 heterocycles. The second-order valence-electron chi connectivity index (χ2n) is 8.57. The summed E-state index contributed by atoms with van der Waals surface area (Å²) in [6.45, 7) is 2.05. The zero-order valence-electron chi connectivity index (χ0n) is 19.7. The van der Waals surface area contributed by atoms with E-state index in [1.807, 2.05) is 24.3 Å². The fraction of sp³-hybridized carbons (Fsp3) is 0.250. The lowest BCUT2D eigenvalue weighted by atomic mass is 10.1. The Morgan fingerprint density at radius 1 is 1.28 bits per heavy atom. The zero-order valence-corrected chi connectivity index (χ0v) is 21.4. The molecule has 4 aromatic rings. The number of fused-ring (bicyclic) bond motifs is 1. The van der Waals surface area contributed by atoms with Crippen LogP contribution in [0.5, 0.6) is 5.95 Å². The Morgan fingerprint density at radius 3 is 2.72 bits per heavy atom. The molecule has 1 fully saturated rings. The number of amides is 2. The van der Waals surface area contributed by atoms with E-state index in [0.717, 1.165) is 20.8 Å². The summed E-state index contributed by atoms with van der Waals surface area (Å²) in [6.07, 6.45) is -0.133. The van der Waals surface area contributed by atoms with Gasteiger partial charge in [0.05, 0.1) is 21.9 Å². The maximum Gasteiger partial charge on any atom is 0.252 e. The predicted octanol–water partition coefficient (Wildman–Crippen LogP) is 2.11. The van der Waals surface area contributed by atoms with Crippen LogP contribution in [0.15, 0.2) is 47.0 Å². The van der Waals surface area contributed by atoms with E-state index < -0.39 is 12.0 Å². The summed E-state index contributed by atoms with van der Waals surface area (Å²) in [7, 11) is 3.11. The van der Waals surface area contributed by atoms with Crippen molar-refractivity contribution < 1.29 is 23.9 Å². The predicted molar refractivity (Wildman–Crippen MR) is 135 cm³/mol. The fourth-order valence-electron chi connectivity index (χ4n) is 4.05. The van der Waals surface area contributed by atoms with Gasteiger partial charge >= 0.3 is 0 Å². The summed E-state index contributed by atoms with van der Waals surface area (Å²) in [5, 5.41) is 19.5. The molecule has 5 rings (SSSR count). The number of aryl methyl sites for hydroxylation is 2. The van der Waals surface area contributed by atoms with Crippen molar-refractivity contribution >= 4 is 56.4 Å².